The van der Waals surface area contributed by atoms with Crippen LogP contribution in [0.5, 0.6) is 0 Å². The fraction of sp³-hybridized carbons (Fsp3) is 0.477. The Morgan fingerprint density at radius 2 is 1.02 bits per heavy atom. The summed E-state index contributed by atoms with van der Waals surface area (Å²) < 4.78 is 37.2. The highest BCUT2D eigenvalue weighted by Gasteiger charge is 2.68. The average Bonchev–Trinajstić information content (AvgIpc) is 1.49. The van der Waals surface area contributed by atoms with E-state index in [9.17, 15) is 9.59 Å². The molecule has 9 aromatic rings. The van der Waals surface area contributed by atoms with E-state index >= 15 is 8.78 Å². The highest BCUT2D eigenvalue weighted by atomic mass is 32.2. The minimum atomic E-state index is -0.900. The Balaban J connectivity index is 1.17. The van der Waals surface area contributed by atoms with Gasteiger partial charge in [-0.3, -0.25) is 4.79 Å². The predicted molar refractivity (Wildman–Crippen MR) is 422 cm³/mol. The molecule has 13 rings (SSSR count). The maximum Gasteiger partial charge on any atom is 0.160 e. The molecule has 0 bridgehead atoms. The van der Waals surface area contributed by atoms with Crippen LogP contribution in [0.25, 0.3) is 40.7 Å². The van der Waals surface area contributed by atoms with Gasteiger partial charge in [0.05, 0.1) is 25.3 Å². The van der Waals surface area contributed by atoms with Crippen LogP contribution in [0.15, 0.2) is 126 Å². The second-order valence-electron chi connectivity index (χ2n) is 29.2. The molecular formula is C88H102F2O2S6. The van der Waals surface area contributed by atoms with Gasteiger partial charge in [0, 0.05) is 67.4 Å². The normalized spacial score (nSPS) is 20.2. The molecule has 4 aromatic heterocycles. The van der Waals surface area contributed by atoms with Crippen LogP contribution in [0, 0.1) is 29.4 Å². The first kappa shape index (κ1) is 71.5. The third-order valence-electron chi connectivity index (χ3n) is 23.1. The summed E-state index contributed by atoms with van der Waals surface area (Å²) >= 11 is 10.7. The smallest absolute Gasteiger partial charge is 0.160 e. The zero-order valence-corrected chi connectivity index (χ0v) is 64.0. The van der Waals surface area contributed by atoms with Gasteiger partial charge in [-0.2, -0.15) is 0 Å². The van der Waals surface area contributed by atoms with Crippen LogP contribution in [-0.2, 0) is 47.7 Å². The molecule has 6 heterocycles. The monoisotopic (exact) mass is 1420 g/mol. The molecule has 0 N–H and O–H groups in total. The van der Waals surface area contributed by atoms with E-state index < -0.39 is 10.8 Å². The molecule has 8 unspecified atom stereocenters. The number of rotatable bonds is 35. The number of hydrogen-bond acceptors (Lipinski definition) is 8. The summed E-state index contributed by atoms with van der Waals surface area (Å²) in [5.74, 6) is 0.452. The van der Waals surface area contributed by atoms with Gasteiger partial charge in [-0.05, 0) is 149 Å². The van der Waals surface area contributed by atoms with Crippen LogP contribution in [-0.4, -0.2) is 28.3 Å². The molecular weight excluding hydrogens is 1320 g/mol. The van der Waals surface area contributed by atoms with Crippen LogP contribution in [0.2, 0.25) is 0 Å². The van der Waals surface area contributed by atoms with Gasteiger partial charge in [-0.1, -0.05) is 261 Å². The summed E-state index contributed by atoms with van der Waals surface area (Å²) in [7, 11) is 0. The van der Waals surface area contributed by atoms with E-state index in [2.05, 4.69) is 158 Å². The van der Waals surface area contributed by atoms with Crippen molar-refractivity contribution in [2.24, 2.45) is 17.8 Å². The molecule has 98 heavy (non-hydrogen) atoms. The zero-order chi connectivity index (χ0) is 68.1. The van der Waals surface area contributed by atoms with E-state index in [1.165, 1.54) is 108 Å². The molecule has 2 aliphatic heterocycles. The molecule has 2 aliphatic carbocycles. The average molecular weight is 1420 g/mol. The lowest BCUT2D eigenvalue weighted by Crippen LogP contribution is -2.39. The lowest BCUT2D eigenvalue weighted by atomic mass is 9.59. The second-order valence-corrected chi connectivity index (χ2v) is 36.2. The minimum Gasteiger partial charge on any atom is -0.302 e. The van der Waals surface area contributed by atoms with Crippen molar-refractivity contribution in [3.8, 4) is 30.6 Å². The van der Waals surface area contributed by atoms with Gasteiger partial charge >= 0.3 is 0 Å². The van der Waals surface area contributed by atoms with Crippen molar-refractivity contribution >= 4 is 91.5 Å². The Morgan fingerprint density at radius 3 is 1.51 bits per heavy atom. The fourth-order valence-electron chi connectivity index (χ4n) is 18.0. The van der Waals surface area contributed by atoms with Gasteiger partial charge < -0.3 is 4.79 Å². The first-order valence-corrected chi connectivity index (χ1v) is 43.1. The molecule has 0 amide bonds. The zero-order valence-electron chi connectivity index (χ0n) is 59.1. The van der Waals surface area contributed by atoms with Gasteiger partial charge in [0.2, 0.25) is 0 Å². The Hall–Kier alpha value is -4.94. The first-order valence-electron chi connectivity index (χ1n) is 38.0. The van der Waals surface area contributed by atoms with E-state index in [4.69, 9.17) is 0 Å². The van der Waals surface area contributed by atoms with Crippen LogP contribution in [0.1, 0.15) is 264 Å². The summed E-state index contributed by atoms with van der Waals surface area (Å²) in [5, 5.41) is 1.08. The number of carbonyl (C=O) groups excluding carboxylic acids is 2. The molecule has 10 heteroatoms. The molecule has 8 atom stereocenters. The quantitative estimate of drug-likeness (QED) is 0.0293. The number of benzene rings is 5. The van der Waals surface area contributed by atoms with E-state index in [0.29, 0.717) is 29.6 Å². The summed E-state index contributed by atoms with van der Waals surface area (Å²) in [5.41, 5.74) is 13.1. The highest BCUT2D eigenvalue weighted by molar-refractivity contribution is 8.05. The van der Waals surface area contributed by atoms with Gasteiger partial charge in [0.1, 0.15) is 17.9 Å². The number of thiophene rings is 4. The lowest BCUT2D eigenvalue weighted by Gasteiger charge is -2.42. The fourth-order valence-corrected chi connectivity index (χ4v) is 26.9. The third-order valence-corrected chi connectivity index (χ3v) is 31.1. The van der Waals surface area contributed by atoms with Crippen LogP contribution < -0.4 is 0 Å². The molecule has 516 valence electrons. The lowest BCUT2D eigenvalue weighted by molar-refractivity contribution is -0.107. The molecule has 4 aliphatic rings. The van der Waals surface area contributed by atoms with E-state index in [-0.39, 0.29) is 39.2 Å². The van der Waals surface area contributed by atoms with E-state index in [1.54, 1.807) is 34.0 Å². The third kappa shape index (κ3) is 13.4. The molecule has 1 saturated carbocycles. The van der Waals surface area contributed by atoms with Crippen molar-refractivity contribution in [1.29, 1.82) is 0 Å². The van der Waals surface area contributed by atoms with Crippen molar-refractivity contribution < 1.29 is 18.4 Å². The molecule has 0 spiro atoms. The van der Waals surface area contributed by atoms with Crippen LogP contribution in [0.4, 0.5) is 8.78 Å². The summed E-state index contributed by atoms with van der Waals surface area (Å²) in [6.07, 6.45) is 30.3. The van der Waals surface area contributed by atoms with Crippen LogP contribution in [0.3, 0.4) is 0 Å². The minimum absolute atomic E-state index is 0.0165. The van der Waals surface area contributed by atoms with Crippen molar-refractivity contribution in [2.45, 2.75) is 253 Å². The number of halogens is 2. The Kier molecular flexibility index (Phi) is 23.5. The maximum absolute atomic E-state index is 18.0. The predicted octanol–water partition coefficient (Wildman–Crippen LogP) is 27.0. The summed E-state index contributed by atoms with van der Waals surface area (Å²) in [6, 6.07) is 46.2. The van der Waals surface area contributed by atoms with E-state index in [1.807, 2.05) is 47.0 Å². The van der Waals surface area contributed by atoms with Crippen LogP contribution >= 0.6 is 68.9 Å². The molecule has 1 saturated heterocycles. The first-order chi connectivity index (χ1) is 48.0. The SMILES string of the molecule is CCCCCCc1ccc(C2(c3ccc(CCCCCC)cc3)c3cc(C=O)sc3-c3sc4c(-c5cc(F)c(CC(CC)CCCC)s5)c5c(c(-c6cc(F)c(CC(CC)CCCC)s6)c4c32)SC2C3SC(C=O)CC3C(c3ccccc3)(c3ccc(CCCCCC)cc3)C52)cc1. The van der Waals surface area contributed by atoms with Gasteiger partial charge in [0.15, 0.2) is 6.29 Å². The maximum atomic E-state index is 18.0. The number of carbonyl (C=O) groups is 2. The molecule has 0 radical (unpaired) electrons. The number of aryl methyl sites for hydroxylation is 3. The van der Waals surface area contributed by atoms with Crippen molar-refractivity contribution in [3.05, 3.63) is 203 Å². The summed E-state index contributed by atoms with van der Waals surface area (Å²) in [6.45, 7) is 15.9. The Labute approximate surface area is 609 Å². The topological polar surface area (TPSA) is 34.1 Å². The van der Waals surface area contributed by atoms with Gasteiger partial charge in [0.25, 0.3) is 0 Å². The molecule has 2 nitrogen and oxygen atoms in total. The van der Waals surface area contributed by atoms with Crippen molar-refractivity contribution in [3.63, 3.8) is 0 Å². The standard InChI is InChI=1S/C88H102F2O2S6/c1-8-15-20-24-31-58-36-42-62(43-37-58)87(61-34-27-23-28-35-61)67-50-65(54-91)93-81(67)85-79(87)77-75(73-52-69(89)71(95-73)48-56(13-6)29-18-11-4)84-78(76(83(77)97-85)74-53-70(90)72(96-74)49-57(14-7)30-19-12-5)80-86(98-84)82-68(51-66(55-92)94-82)88(80,63-44-38-59(39-45-63)32-25-21-16-9-2)64-46-40-60(41-47-64)33-26-22-17-10-3/h23,27-28,34-47,51-57,65,67,79,81,85H,8-22,24-26,29-33,48-50H2,1-7H3. The summed E-state index contributed by atoms with van der Waals surface area (Å²) in [4.78, 5) is 34.9. The van der Waals surface area contributed by atoms with E-state index in [0.717, 1.165) is 170 Å². The number of unbranched alkanes of at least 4 members (excludes halogenated alkanes) is 11. The largest absolute Gasteiger partial charge is 0.302 e. The van der Waals surface area contributed by atoms with Crippen molar-refractivity contribution in [1.82, 2.24) is 0 Å². The number of aldehydes is 2. The van der Waals surface area contributed by atoms with Crippen molar-refractivity contribution in [2.75, 3.05) is 0 Å². The number of thioether (sulfide) groups is 2. The second kappa shape index (κ2) is 32.2. The Bertz CT molecular complexity index is 4110. The number of fused-ring (bicyclic) bond motifs is 10. The number of hydrogen-bond donors (Lipinski definition) is 0. The van der Waals surface area contributed by atoms with Gasteiger partial charge in [-0.15, -0.1) is 68.9 Å². The molecule has 5 aromatic carbocycles. The van der Waals surface area contributed by atoms with Gasteiger partial charge in [-0.25, -0.2) is 8.78 Å². The molecule has 2 fully saturated rings. The highest BCUT2D eigenvalue weighted by Crippen LogP contribution is 2.76. The Morgan fingerprint density at radius 1 is 0.520 bits per heavy atom.